The summed E-state index contributed by atoms with van der Waals surface area (Å²) in [5, 5.41) is 4.10. The highest BCUT2D eigenvalue weighted by molar-refractivity contribution is 6.31. The van der Waals surface area contributed by atoms with Crippen LogP contribution in [0.2, 0.25) is 5.02 Å². The normalized spacial score (nSPS) is 10.4. The number of aromatic nitrogens is 1. The molecule has 0 saturated carbocycles. The first-order chi connectivity index (χ1) is 9.52. The Morgan fingerprint density at radius 3 is 2.60 bits per heavy atom. The Bertz CT molecular complexity index is 626. The molecule has 0 aliphatic heterocycles. The Balaban J connectivity index is 2.16. The van der Waals surface area contributed by atoms with E-state index in [0.29, 0.717) is 6.54 Å². The molecule has 0 unspecified atom stereocenters. The van der Waals surface area contributed by atoms with Gasteiger partial charge in [-0.3, -0.25) is 4.98 Å². The number of halogens is 1. The molecular formula is C16H19ClN2O. The van der Waals surface area contributed by atoms with E-state index in [2.05, 4.69) is 10.3 Å². The first kappa shape index (κ1) is 14.7. The number of methoxy groups -OCH3 is 1. The molecule has 2 aromatic rings. The molecule has 106 valence electrons. The lowest BCUT2D eigenvalue weighted by Crippen LogP contribution is -2.06. The molecule has 0 bridgehead atoms. The first-order valence-electron chi connectivity index (χ1n) is 6.52. The number of hydrogen-bond donors (Lipinski definition) is 1. The van der Waals surface area contributed by atoms with E-state index in [9.17, 15) is 0 Å². The van der Waals surface area contributed by atoms with Crippen LogP contribution in [0.1, 0.15) is 22.4 Å². The quantitative estimate of drug-likeness (QED) is 0.912. The third-order valence-corrected chi connectivity index (χ3v) is 3.79. The number of nitrogens with one attached hydrogen (secondary N) is 1. The third kappa shape index (κ3) is 3.05. The van der Waals surface area contributed by atoms with E-state index in [0.717, 1.165) is 38.8 Å². The van der Waals surface area contributed by atoms with Crippen LogP contribution in [0.4, 0.5) is 5.69 Å². The van der Waals surface area contributed by atoms with Crippen LogP contribution in [0.5, 0.6) is 5.75 Å². The van der Waals surface area contributed by atoms with E-state index in [4.69, 9.17) is 16.3 Å². The van der Waals surface area contributed by atoms with Crippen LogP contribution in [-0.4, -0.2) is 12.1 Å². The molecule has 0 atom stereocenters. The van der Waals surface area contributed by atoms with Crippen LogP contribution in [-0.2, 0) is 6.54 Å². The summed E-state index contributed by atoms with van der Waals surface area (Å²) in [6.45, 7) is 6.65. The molecule has 0 saturated heterocycles. The van der Waals surface area contributed by atoms with Crippen molar-refractivity contribution >= 4 is 17.3 Å². The van der Waals surface area contributed by atoms with Crippen LogP contribution in [0.25, 0.3) is 0 Å². The van der Waals surface area contributed by atoms with Gasteiger partial charge in [0.25, 0.3) is 0 Å². The van der Waals surface area contributed by atoms with Gasteiger partial charge < -0.3 is 10.1 Å². The van der Waals surface area contributed by atoms with Gasteiger partial charge in [0, 0.05) is 28.0 Å². The molecule has 4 heteroatoms. The summed E-state index contributed by atoms with van der Waals surface area (Å²) in [6, 6.07) is 5.94. The van der Waals surface area contributed by atoms with Gasteiger partial charge in [-0.2, -0.15) is 0 Å². The minimum Gasteiger partial charge on any atom is -0.496 e. The highest BCUT2D eigenvalue weighted by atomic mass is 35.5. The van der Waals surface area contributed by atoms with Gasteiger partial charge in [-0.05, 0) is 38.5 Å². The highest BCUT2D eigenvalue weighted by Gasteiger charge is 2.09. The van der Waals surface area contributed by atoms with Crippen LogP contribution in [0.15, 0.2) is 24.4 Å². The number of anilines is 1. The lowest BCUT2D eigenvalue weighted by atomic mass is 10.1. The maximum Gasteiger partial charge on any atom is 0.128 e. The van der Waals surface area contributed by atoms with E-state index in [1.165, 1.54) is 0 Å². The Kier molecular flexibility index (Phi) is 4.50. The Morgan fingerprint density at radius 2 is 1.95 bits per heavy atom. The standard InChI is InChI=1S/C16H19ClN2O/c1-10-5-6-13(7-14(10)17)18-9-15-12(3)16(20-4)11(2)8-19-15/h5-8,18H,9H2,1-4H3. The summed E-state index contributed by atoms with van der Waals surface area (Å²) < 4.78 is 5.41. The molecule has 1 aromatic heterocycles. The Morgan fingerprint density at radius 1 is 1.20 bits per heavy atom. The first-order valence-corrected chi connectivity index (χ1v) is 6.89. The zero-order valence-corrected chi connectivity index (χ0v) is 13.0. The predicted molar refractivity (Wildman–Crippen MR) is 83.8 cm³/mol. The predicted octanol–water partition coefficient (Wildman–Crippen LogP) is 4.28. The fourth-order valence-corrected chi connectivity index (χ4v) is 2.32. The van der Waals surface area contributed by atoms with Gasteiger partial charge in [0.2, 0.25) is 0 Å². The molecule has 1 heterocycles. The van der Waals surface area contributed by atoms with Crippen molar-refractivity contribution in [2.45, 2.75) is 27.3 Å². The van der Waals surface area contributed by atoms with E-state index >= 15 is 0 Å². The number of pyridine rings is 1. The van der Waals surface area contributed by atoms with Crippen molar-refractivity contribution in [1.82, 2.24) is 4.98 Å². The van der Waals surface area contributed by atoms with Crippen molar-refractivity contribution in [3.63, 3.8) is 0 Å². The van der Waals surface area contributed by atoms with Crippen LogP contribution in [0, 0.1) is 20.8 Å². The Labute approximate surface area is 124 Å². The van der Waals surface area contributed by atoms with E-state index in [-0.39, 0.29) is 0 Å². The summed E-state index contributed by atoms with van der Waals surface area (Å²) in [5.74, 6) is 0.902. The average Bonchev–Trinajstić information content (AvgIpc) is 2.42. The maximum absolute atomic E-state index is 6.12. The lowest BCUT2D eigenvalue weighted by Gasteiger charge is -2.13. The van der Waals surface area contributed by atoms with Crippen molar-refractivity contribution in [1.29, 1.82) is 0 Å². The second-order valence-corrected chi connectivity index (χ2v) is 5.27. The van der Waals surface area contributed by atoms with Gasteiger partial charge in [0.1, 0.15) is 5.75 Å². The lowest BCUT2D eigenvalue weighted by molar-refractivity contribution is 0.407. The highest BCUT2D eigenvalue weighted by Crippen LogP contribution is 2.25. The molecule has 1 aromatic carbocycles. The van der Waals surface area contributed by atoms with E-state index in [1.54, 1.807) is 7.11 Å². The molecule has 3 nitrogen and oxygen atoms in total. The second-order valence-electron chi connectivity index (χ2n) is 4.86. The SMILES string of the molecule is COc1c(C)cnc(CNc2ccc(C)c(Cl)c2)c1C. The molecule has 0 radical (unpaired) electrons. The van der Waals surface area contributed by atoms with Gasteiger partial charge in [-0.25, -0.2) is 0 Å². The summed E-state index contributed by atoms with van der Waals surface area (Å²) in [5.41, 5.74) is 5.15. The molecule has 0 aliphatic rings. The molecule has 1 N–H and O–H groups in total. The number of benzene rings is 1. The third-order valence-electron chi connectivity index (χ3n) is 3.38. The van der Waals surface area contributed by atoms with Crippen LogP contribution in [0.3, 0.4) is 0 Å². The van der Waals surface area contributed by atoms with Gasteiger partial charge in [-0.15, -0.1) is 0 Å². The second kappa shape index (κ2) is 6.14. The van der Waals surface area contributed by atoms with Crippen molar-refractivity contribution in [3.8, 4) is 5.75 Å². The summed E-state index contributed by atoms with van der Waals surface area (Å²) in [7, 11) is 1.69. The van der Waals surface area contributed by atoms with Gasteiger partial charge >= 0.3 is 0 Å². The zero-order valence-electron chi connectivity index (χ0n) is 12.2. The minimum atomic E-state index is 0.641. The van der Waals surface area contributed by atoms with Crippen LogP contribution < -0.4 is 10.1 Å². The van der Waals surface area contributed by atoms with Crippen molar-refractivity contribution < 1.29 is 4.74 Å². The van der Waals surface area contributed by atoms with Gasteiger partial charge in [0.15, 0.2) is 0 Å². The molecule has 0 aliphatic carbocycles. The van der Waals surface area contributed by atoms with Crippen LogP contribution >= 0.6 is 11.6 Å². The largest absolute Gasteiger partial charge is 0.496 e. The maximum atomic E-state index is 6.12. The fraction of sp³-hybridized carbons (Fsp3) is 0.312. The van der Waals surface area contributed by atoms with Crippen molar-refractivity contribution in [3.05, 3.63) is 51.8 Å². The van der Waals surface area contributed by atoms with Gasteiger partial charge in [-0.1, -0.05) is 17.7 Å². The molecule has 2 rings (SSSR count). The monoisotopic (exact) mass is 290 g/mol. The summed E-state index contributed by atoms with van der Waals surface area (Å²) in [6.07, 6.45) is 1.84. The minimum absolute atomic E-state index is 0.641. The number of hydrogen-bond acceptors (Lipinski definition) is 3. The number of nitrogens with zero attached hydrogens (tertiary/aromatic N) is 1. The van der Waals surface area contributed by atoms with E-state index < -0.39 is 0 Å². The summed E-state index contributed by atoms with van der Waals surface area (Å²) >= 11 is 6.12. The molecule has 20 heavy (non-hydrogen) atoms. The number of ether oxygens (including phenoxy) is 1. The zero-order chi connectivity index (χ0) is 14.7. The molecular weight excluding hydrogens is 272 g/mol. The molecule has 0 fully saturated rings. The van der Waals surface area contributed by atoms with Gasteiger partial charge in [0.05, 0.1) is 19.3 Å². The molecule has 0 spiro atoms. The van der Waals surface area contributed by atoms with E-state index in [1.807, 2.05) is 45.2 Å². The Hall–Kier alpha value is -1.74. The average molecular weight is 291 g/mol. The molecule has 0 amide bonds. The topological polar surface area (TPSA) is 34.1 Å². The number of rotatable bonds is 4. The number of aryl methyl sites for hydroxylation is 2. The van der Waals surface area contributed by atoms with Crippen molar-refractivity contribution in [2.24, 2.45) is 0 Å². The van der Waals surface area contributed by atoms with Crippen molar-refractivity contribution in [2.75, 3.05) is 12.4 Å². The summed E-state index contributed by atoms with van der Waals surface area (Å²) in [4.78, 5) is 4.47. The fourth-order valence-electron chi connectivity index (χ4n) is 2.14. The smallest absolute Gasteiger partial charge is 0.128 e.